The first kappa shape index (κ1) is 17.5. The Kier molecular flexibility index (Phi) is 5.67. The quantitative estimate of drug-likeness (QED) is 0.485. The van der Waals surface area contributed by atoms with Gasteiger partial charge in [0.05, 0.1) is 17.0 Å². The van der Waals surface area contributed by atoms with Gasteiger partial charge in [-0.05, 0) is 30.2 Å². The van der Waals surface area contributed by atoms with Crippen molar-refractivity contribution in [2.75, 3.05) is 12.1 Å². The van der Waals surface area contributed by atoms with Gasteiger partial charge in [-0.15, -0.1) is 0 Å². The van der Waals surface area contributed by atoms with Crippen LogP contribution < -0.4 is 5.01 Å². The van der Waals surface area contributed by atoms with E-state index in [1.807, 2.05) is 50.4 Å². The van der Waals surface area contributed by atoms with Crippen molar-refractivity contribution < 1.29 is 0 Å². The molecule has 2 aromatic rings. The molecule has 0 atom stereocenters. The summed E-state index contributed by atoms with van der Waals surface area (Å²) in [5, 5.41) is 33.3. The second-order valence-electron chi connectivity index (χ2n) is 5.21. The van der Waals surface area contributed by atoms with Crippen LogP contribution in [-0.2, 0) is 0 Å². The largest absolute Gasteiger partial charge is 0.268 e. The first-order valence-corrected chi connectivity index (χ1v) is 7.50. The second kappa shape index (κ2) is 8.11. The molecule has 5 nitrogen and oxygen atoms in total. The summed E-state index contributed by atoms with van der Waals surface area (Å²) in [7, 11) is 1.83. The Hall–Kier alpha value is -3.88. The minimum absolute atomic E-state index is 0.0724. The van der Waals surface area contributed by atoms with Gasteiger partial charge in [0.1, 0.15) is 23.8 Å². The third-order valence-electron chi connectivity index (χ3n) is 3.61. The van der Waals surface area contributed by atoms with Gasteiger partial charge in [-0.25, -0.2) is 0 Å². The van der Waals surface area contributed by atoms with Gasteiger partial charge in [0.15, 0.2) is 0 Å². The van der Waals surface area contributed by atoms with E-state index in [0.29, 0.717) is 5.56 Å². The molecule has 0 bridgehead atoms. The van der Waals surface area contributed by atoms with E-state index in [0.717, 1.165) is 17.0 Å². The van der Waals surface area contributed by atoms with Crippen molar-refractivity contribution in [3.63, 3.8) is 0 Å². The molecule has 0 spiro atoms. The summed E-state index contributed by atoms with van der Waals surface area (Å²) < 4.78 is 0. The fourth-order valence-electron chi connectivity index (χ4n) is 2.27. The maximum atomic E-state index is 9.19. The fraction of sp³-hybridized carbons (Fsp3) is 0.100. The molecular weight excluding hydrogens is 310 g/mol. The second-order valence-corrected chi connectivity index (χ2v) is 5.21. The van der Waals surface area contributed by atoms with Crippen molar-refractivity contribution in [2.45, 2.75) is 6.92 Å². The number of hydrazone groups is 1. The summed E-state index contributed by atoms with van der Waals surface area (Å²) in [5.41, 5.74) is 3.15. The molecule has 0 aliphatic heterocycles. The van der Waals surface area contributed by atoms with E-state index in [1.165, 1.54) is 0 Å². The van der Waals surface area contributed by atoms with E-state index in [2.05, 4.69) is 5.10 Å². The monoisotopic (exact) mass is 325 g/mol. The number of nitrogens with zero attached hydrogens (tertiary/aromatic N) is 5. The molecule has 2 rings (SSSR count). The molecule has 0 unspecified atom stereocenters. The Bertz CT molecular complexity index is 917. The number of hydrogen-bond acceptors (Lipinski definition) is 5. The molecule has 25 heavy (non-hydrogen) atoms. The van der Waals surface area contributed by atoms with Crippen molar-refractivity contribution >= 4 is 17.0 Å². The number of rotatable bonds is 4. The summed E-state index contributed by atoms with van der Waals surface area (Å²) in [5.74, 6) is 0. The van der Waals surface area contributed by atoms with Crippen LogP contribution in [0.15, 0.2) is 65.3 Å². The van der Waals surface area contributed by atoms with Gasteiger partial charge in [0, 0.05) is 7.05 Å². The normalized spacial score (nSPS) is 10.1. The van der Waals surface area contributed by atoms with Gasteiger partial charge in [-0.3, -0.25) is 5.01 Å². The SMILES string of the molecule is C/C(=N\N(C)c1ccc(C(C#N)=C(C#N)C#N)cc1)c1ccccc1. The molecule has 120 valence electrons. The van der Waals surface area contributed by atoms with Crippen LogP contribution in [0.1, 0.15) is 18.1 Å². The summed E-state index contributed by atoms with van der Waals surface area (Å²) >= 11 is 0. The summed E-state index contributed by atoms with van der Waals surface area (Å²) in [6.45, 7) is 1.93. The van der Waals surface area contributed by atoms with Crippen molar-refractivity contribution in [2.24, 2.45) is 5.10 Å². The van der Waals surface area contributed by atoms with Gasteiger partial charge in [-0.2, -0.15) is 20.9 Å². The highest BCUT2D eigenvalue weighted by Gasteiger charge is 2.09. The molecule has 0 radical (unpaired) electrons. The lowest BCUT2D eigenvalue weighted by Gasteiger charge is -2.15. The van der Waals surface area contributed by atoms with Crippen LogP contribution in [0.4, 0.5) is 5.69 Å². The molecule has 5 heteroatoms. The Labute approximate surface area is 147 Å². The first-order chi connectivity index (χ1) is 12.1. The average Bonchev–Trinajstić information content (AvgIpc) is 2.66. The molecule has 2 aromatic carbocycles. The topological polar surface area (TPSA) is 87.0 Å². The molecule has 0 aliphatic carbocycles. The number of hydrogen-bond donors (Lipinski definition) is 0. The molecule has 0 amide bonds. The fourth-order valence-corrected chi connectivity index (χ4v) is 2.27. The third kappa shape index (κ3) is 4.10. The predicted octanol–water partition coefficient (Wildman–Crippen LogP) is 3.87. The molecule has 0 aromatic heterocycles. The molecule has 0 N–H and O–H groups in total. The smallest absolute Gasteiger partial charge is 0.148 e. The van der Waals surface area contributed by atoms with E-state index in [4.69, 9.17) is 10.5 Å². The highest BCUT2D eigenvalue weighted by Crippen LogP contribution is 2.22. The summed E-state index contributed by atoms with van der Waals surface area (Å²) in [6.07, 6.45) is 0. The molecule has 0 heterocycles. The lowest BCUT2D eigenvalue weighted by atomic mass is 10.0. The maximum absolute atomic E-state index is 9.19. The van der Waals surface area contributed by atoms with Gasteiger partial charge < -0.3 is 0 Å². The zero-order chi connectivity index (χ0) is 18.2. The van der Waals surface area contributed by atoms with E-state index in [1.54, 1.807) is 41.4 Å². The van der Waals surface area contributed by atoms with Crippen LogP contribution in [0, 0.1) is 34.0 Å². The Morgan fingerprint density at radius 3 is 1.96 bits per heavy atom. The third-order valence-corrected chi connectivity index (χ3v) is 3.61. The summed E-state index contributed by atoms with van der Waals surface area (Å²) in [4.78, 5) is 0. The average molecular weight is 325 g/mol. The van der Waals surface area contributed by atoms with Crippen molar-refractivity contribution in [1.29, 1.82) is 15.8 Å². The van der Waals surface area contributed by atoms with Crippen LogP contribution >= 0.6 is 0 Å². The van der Waals surface area contributed by atoms with Gasteiger partial charge in [0.25, 0.3) is 0 Å². The van der Waals surface area contributed by atoms with Crippen LogP contribution in [0.25, 0.3) is 5.57 Å². The number of anilines is 1. The number of benzene rings is 2. The molecule has 0 aliphatic rings. The van der Waals surface area contributed by atoms with E-state index in [9.17, 15) is 5.26 Å². The summed E-state index contributed by atoms with van der Waals surface area (Å²) in [6, 6.07) is 22.3. The standard InChI is InChI=1S/C20H15N5/c1-15(16-6-4-3-5-7-16)24-25(2)19-10-8-17(9-11-19)20(14-23)18(12-21)13-22/h3-11H,1-2H3/b24-15+. The highest BCUT2D eigenvalue weighted by atomic mass is 15.4. The Morgan fingerprint density at radius 2 is 1.44 bits per heavy atom. The van der Waals surface area contributed by atoms with Crippen LogP contribution in [0.3, 0.4) is 0 Å². The van der Waals surface area contributed by atoms with Crippen molar-refractivity contribution in [3.05, 3.63) is 71.3 Å². The minimum atomic E-state index is -0.193. The lowest BCUT2D eigenvalue weighted by molar-refractivity contribution is 1.01. The molecule has 0 saturated heterocycles. The zero-order valence-corrected chi connectivity index (χ0v) is 13.9. The predicted molar refractivity (Wildman–Crippen MR) is 97.3 cm³/mol. The first-order valence-electron chi connectivity index (χ1n) is 7.50. The van der Waals surface area contributed by atoms with Crippen LogP contribution in [0.5, 0.6) is 0 Å². The molecule has 0 fully saturated rings. The lowest BCUT2D eigenvalue weighted by Crippen LogP contribution is -2.12. The molecule has 0 saturated carbocycles. The van der Waals surface area contributed by atoms with Crippen molar-refractivity contribution in [3.8, 4) is 18.2 Å². The van der Waals surface area contributed by atoms with Gasteiger partial charge >= 0.3 is 0 Å². The minimum Gasteiger partial charge on any atom is -0.268 e. The maximum Gasteiger partial charge on any atom is 0.148 e. The Balaban J connectivity index is 2.29. The van der Waals surface area contributed by atoms with Gasteiger partial charge in [0.2, 0.25) is 0 Å². The van der Waals surface area contributed by atoms with E-state index >= 15 is 0 Å². The number of allylic oxidation sites excluding steroid dienone is 2. The zero-order valence-electron chi connectivity index (χ0n) is 13.9. The van der Waals surface area contributed by atoms with E-state index in [-0.39, 0.29) is 11.1 Å². The number of nitriles is 3. The van der Waals surface area contributed by atoms with E-state index < -0.39 is 0 Å². The van der Waals surface area contributed by atoms with Crippen LogP contribution in [-0.4, -0.2) is 12.8 Å². The van der Waals surface area contributed by atoms with Gasteiger partial charge in [-0.1, -0.05) is 42.5 Å². The molecular formula is C20H15N5. The highest BCUT2D eigenvalue weighted by molar-refractivity contribution is 5.99. The Morgan fingerprint density at radius 1 is 0.840 bits per heavy atom. The van der Waals surface area contributed by atoms with Crippen LogP contribution in [0.2, 0.25) is 0 Å². The van der Waals surface area contributed by atoms with Crippen molar-refractivity contribution in [1.82, 2.24) is 0 Å².